The lowest BCUT2D eigenvalue weighted by atomic mass is 10.1. The normalized spacial score (nSPS) is 13.4. The Balaban J connectivity index is 1.86. The minimum absolute atomic E-state index is 0.0257. The second-order valence-electron chi connectivity index (χ2n) is 6.69. The van der Waals surface area contributed by atoms with Crippen LogP contribution < -0.4 is 10.6 Å². The Hall–Kier alpha value is -2.37. The fourth-order valence-electron chi connectivity index (χ4n) is 3.00. The van der Waals surface area contributed by atoms with E-state index in [4.69, 9.17) is 0 Å². The zero-order chi connectivity index (χ0) is 18.6. The van der Waals surface area contributed by atoms with Gasteiger partial charge in [0.15, 0.2) is 0 Å². The number of hydrogen-bond acceptors (Lipinski definition) is 2. The average molecular weight is 346 g/mol. The topological polar surface area (TPSA) is 59.0 Å². The highest BCUT2D eigenvalue weighted by atomic mass is 19.1. The second kappa shape index (κ2) is 8.14. The molecule has 2 amide bonds. The third-order valence-electron chi connectivity index (χ3n) is 4.41. The predicted molar refractivity (Wildman–Crippen MR) is 97.1 cm³/mol. The quantitative estimate of drug-likeness (QED) is 0.845. The highest BCUT2D eigenvalue weighted by Crippen LogP contribution is 2.14. The molecular weight excluding hydrogens is 319 g/mol. The number of halogens is 1. The van der Waals surface area contributed by atoms with Crippen molar-refractivity contribution in [2.45, 2.75) is 52.6 Å². The smallest absolute Gasteiger partial charge is 0.315 e. The van der Waals surface area contributed by atoms with E-state index in [1.165, 1.54) is 6.07 Å². The number of nitrogens with one attached hydrogen (secondary N) is 2. The summed E-state index contributed by atoms with van der Waals surface area (Å²) in [5.74, 6) is -0.243. The molecule has 0 aliphatic rings. The Morgan fingerprint density at radius 2 is 1.76 bits per heavy atom. The number of nitrogens with zero attached hydrogens (tertiary/aromatic N) is 2. The summed E-state index contributed by atoms with van der Waals surface area (Å²) in [7, 11) is 1.92. The average Bonchev–Trinajstić information content (AvgIpc) is 2.75. The van der Waals surface area contributed by atoms with E-state index in [1.807, 2.05) is 39.4 Å². The lowest BCUT2D eigenvalue weighted by molar-refractivity contribution is 0.234. The van der Waals surface area contributed by atoms with Crippen LogP contribution in [0.4, 0.5) is 9.18 Å². The van der Waals surface area contributed by atoms with Crippen LogP contribution in [0, 0.1) is 19.7 Å². The van der Waals surface area contributed by atoms with Gasteiger partial charge in [-0.05, 0) is 57.7 Å². The summed E-state index contributed by atoms with van der Waals surface area (Å²) in [6.07, 6.45) is 1.18. The lowest BCUT2D eigenvalue weighted by Crippen LogP contribution is -2.45. The Morgan fingerprint density at radius 3 is 2.32 bits per heavy atom. The summed E-state index contributed by atoms with van der Waals surface area (Å²) < 4.78 is 15.5. The van der Waals surface area contributed by atoms with Crippen molar-refractivity contribution in [3.8, 4) is 0 Å². The maximum atomic E-state index is 13.7. The molecule has 2 aromatic rings. The van der Waals surface area contributed by atoms with Gasteiger partial charge in [-0.25, -0.2) is 9.18 Å². The molecule has 136 valence electrons. The van der Waals surface area contributed by atoms with Gasteiger partial charge in [-0.2, -0.15) is 5.10 Å². The van der Waals surface area contributed by atoms with Crippen molar-refractivity contribution in [1.82, 2.24) is 20.4 Å². The molecule has 0 aliphatic carbocycles. The number of urea groups is 1. The molecule has 6 heteroatoms. The Kier molecular flexibility index (Phi) is 6.17. The highest BCUT2D eigenvalue weighted by Gasteiger charge is 2.16. The molecule has 1 aromatic carbocycles. The molecule has 0 fully saturated rings. The van der Waals surface area contributed by atoms with E-state index in [-0.39, 0.29) is 23.9 Å². The fraction of sp³-hybridized carbons (Fsp3) is 0.474. The van der Waals surface area contributed by atoms with Gasteiger partial charge in [0.2, 0.25) is 0 Å². The first-order valence-corrected chi connectivity index (χ1v) is 8.57. The van der Waals surface area contributed by atoms with E-state index in [1.54, 1.807) is 18.2 Å². The molecule has 0 saturated carbocycles. The molecule has 2 rings (SSSR count). The van der Waals surface area contributed by atoms with Gasteiger partial charge >= 0.3 is 6.03 Å². The van der Waals surface area contributed by atoms with Crippen LogP contribution in [0.2, 0.25) is 0 Å². The molecule has 0 unspecified atom stereocenters. The number of rotatable bonds is 6. The number of carbonyl (C=O) groups is 1. The number of amides is 2. The molecular formula is C19H27FN4O. The van der Waals surface area contributed by atoms with Crippen molar-refractivity contribution in [2.75, 3.05) is 0 Å². The SMILES string of the molecule is Cc1nn(C)c(C)c1C[C@H](C)NC(=O)N[C@@H](C)Cc1ccccc1F. The maximum Gasteiger partial charge on any atom is 0.315 e. The summed E-state index contributed by atoms with van der Waals surface area (Å²) in [6, 6.07) is 6.20. The molecule has 0 bridgehead atoms. The first-order valence-electron chi connectivity index (χ1n) is 8.57. The van der Waals surface area contributed by atoms with E-state index in [0.29, 0.717) is 12.0 Å². The molecule has 0 radical (unpaired) electrons. The van der Waals surface area contributed by atoms with E-state index in [9.17, 15) is 9.18 Å². The first kappa shape index (κ1) is 19.0. The number of carbonyl (C=O) groups excluding carboxylic acids is 1. The number of hydrogen-bond donors (Lipinski definition) is 2. The molecule has 0 saturated heterocycles. The number of aromatic nitrogens is 2. The van der Waals surface area contributed by atoms with Crippen LogP contribution in [0.25, 0.3) is 0 Å². The van der Waals surface area contributed by atoms with Crippen molar-refractivity contribution in [2.24, 2.45) is 7.05 Å². The van der Waals surface area contributed by atoms with Crippen molar-refractivity contribution < 1.29 is 9.18 Å². The number of aryl methyl sites for hydroxylation is 2. The van der Waals surface area contributed by atoms with Gasteiger partial charge in [-0.1, -0.05) is 18.2 Å². The van der Waals surface area contributed by atoms with Crippen molar-refractivity contribution >= 4 is 6.03 Å². The Labute approximate surface area is 148 Å². The van der Waals surface area contributed by atoms with Crippen LogP contribution in [0.1, 0.15) is 36.4 Å². The van der Waals surface area contributed by atoms with Gasteiger partial charge < -0.3 is 10.6 Å². The van der Waals surface area contributed by atoms with E-state index < -0.39 is 0 Å². The first-order chi connectivity index (χ1) is 11.8. The molecule has 0 aliphatic heterocycles. The zero-order valence-corrected chi connectivity index (χ0v) is 15.6. The molecule has 2 atom stereocenters. The molecule has 2 N–H and O–H groups in total. The van der Waals surface area contributed by atoms with E-state index >= 15 is 0 Å². The molecule has 0 spiro atoms. The summed E-state index contributed by atoms with van der Waals surface area (Å²) in [5.41, 5.74) is 3.86. The minimum atomic E-state index is -0.243. The van der Waals surface area contributed by atoms with Crippen LogP contribution in [0.15, 0.2) is 24.3 Å². The van der Waals surface area contributed by atoms with Gasteiger partial charge in [-0.3, -0.25) is 4.68 Å². The number of benzene rings is 1. The van der Waals surface area contributed by atoms with Crippen molar-refractivity contribution in [3.05, 3.63) is 52.6 Å². The highest BCUT2D eigenvalue weighted by molar-refractivity contribution is 5.74. The monoisotopic (exact) mass is 346 g/mol. The molecule has 1 aromatic heterocycles. The summed E-state index contributed by atoms with van der Waals surface area (Å²) in [6.45, 7) is 7.84. The van der Waals surface area contributed by atoms with E-state index in [2.05, 4.69) is 15.7 Å². The third-order valence-corrected chi connectivity index (χ3v) is 4.41. The standard InChI is InChI=1S/C19H27FN4O/c1-12(10-16-8-6-7-9-18(16)20)21-19(25)22-13(2)11-17-14(3)23-24(5)15(17)4/h6-9,12-13H,10-11H2,1-5H3,(H2,21,22,25)/t12-,13-/m0/s1. The van der Waals surface area contributed by atoms with Gasteiger partial charge in [0, 0.05) is 24.8 Å². The minimum Gasteiger partial charge on any atom is -0.335 e. The Morgan fingerprint density at radius 1 is 1.16 bits per heavy atom. The summed E-state index contributed by atoms with van der Waals surface area (Å²) in [4.78, 5) is 12.2. The van der Waals surface area contributed by atoms with E-state index in [0.717, 1.165) is 23.4 Å². The second-order valence-corrected chi connectivity index (χ2v) is 6.69. The largest absolute Gasteiger partial charge is 0.335 e. The summed E-state index contributed by atoms with van der Waals surface area (Å²) >= 11 is 0. The van der Waals surface area contributed by atoms with Crippen molar-refractivity contribution in [1.29, 1.82) is 0 Å². The molecule has 25 heavy (non-hydrogen) atoms. The zero-order valence-electron chi connectivity index (χ0n) is 15.6. The fourth-order valence-corrected chi connectivity index (χ4v) is 3.00. The van der Waals surface area contributed by atoms with Gasteiger partial charge in [0.05, 0.1) is 5.69 Å². The summed E-state index contributed by atoms with van der Waals surface area (Å²) in [5, 5.41) is 10.2. The lowest BCUT2D eigenvalue weighted by Gasteiger charge is -2.19. The van der Waals surface area contributed by atoms with Crippen LogP contribution in [0.3, 0.4) is 0 Å². The maximum absolute atomic E-state index is 13.7. The van der Waals surface area contributed by atoms with Crippen LogP contribution >= 0.6 is 0 Å². The van der Waals surface area contributed by atoms with Gasteiger partial charge in [0.1, 0.15) is 5.82 Å². The van der Waals surface area contributed by atoms with Crippen LogP contribution in [0.5, 0.6) is 0 Å². The molecule has 5 nitrogen and oxygen atoms in total. The molecule has 1 heterocycles. The van der Waals surface area contributed by atoms with Crippen LogP contribution in [-0.2, 0) is 19.9 Å². The van der Waals surface area contributed by atoms with Crippen LogP contribution in [-0.4, -0.2) is 27.9 Å². The van der Waals surface area contributed by atoms with Crippen molar-refractivity contribution in [3.63, 3.8) is 0 Å². The van der Waals surface area contributed by atoms with Gasteiger partial charge in [-0.15, -0.1) is 0 Å². The predicted octanol–water partition coefficient (Wildman–Crippen LogP) is 3.04. The van der Waals surface area contributed by atoms with Gasteiger partial charge in [0.25, 0.3) is 0 Å². The third kappa shape index (κ3) is 5.05. The Bertz CT molecular complexity index is 741.